The number of halogens is 1. The molecule has 0 bridgehead atoms. The minimum absolute atomic E-state index is 0.119. The summed E-state index contributed by atoms with van der Waals surface area (Å²) < 4.78 is 0.993. The highest BCUT2D eigenvalue weighted by Crippen LogP contribution is 2.32. The van der Waals surface area contributed by atoms with Crippen LogP contribution in [0.3, 0.4) is 0 Å². The average molecular weight is 318 g/mol. The normalized spacial score (nSPS) is 17.7. The summed E-state index contributed by atoms with van der Waals surface area (Å²) in [6.07, 6.45) is -0.854. The van der Waals surface area contributed by atoms with Gasteiger partial charge in [-0.2, -0.15) is 0 Å². The van der Waals surface area contributed by atoms with Crippen molar-refractivity contribution in [1.82, 2.24) is 4.90 Å². The molecule has 96 valence electrons. The Morgan fingerprint density at radius 3 is 2.47 bits per heavy atom. The molecule has 2 aromatic carbocycles. The van der Waals surface area contributed by atoms with Crippen LogP contribution in [-0.2, 0) is 6.54 Å². The molecule has 1 heterocycles. The molecule has 3 rings (SSSR count). The first-order valence-corrected chi connectivity index (χ1v) is 6.78. The van der Waals surface area contributed by atoms with Gasteiger partial charge in [0.25, 0.3) is 5.91 Å². The number of aliphatic hydroxyl groups excluding tert-OH is 1. The summed E-state index contributed by atoms with van der Waals surface area (Å²) in [6.45, 7) is 0.405. The first kappa shape index (κ1) is 12.4. The second-order valence-electron chi connectivity index (χ2n) is 4.52. The summed E-state index contributed by atoms with van der Waals surface area (Å²) in [4.78, 5) is 13.7. The highest BCUT2D eigenvalue weighted by Gasteiger charge is 2.34. The third kappa shape index (κ3) is 2.17. The van der Waals surface area contributed by atoms with Gasteiger partial charge in [-0.1, -0.05) is 46.3 Å². The van der Waals surface area contributed by atoms with E-state index in [1.54, 1.807) is 12.1 Å². The lowest BCUT2D eigenvalue weighted by Gasteiger charge is -2.20. The Balaban J connectivity index is 1.88. The smallest absolute Gasteiger partial charge is 0.256 e. The van der Waals surface area contributed by atoms with Gasteiger partial charge in [-0.05, 0) is 23.8 Å². The number of carbonyl (C=O) groups excluding carboxylic acids is 1. The van der Waals surface area contributed by atoms with Crippen LogP contribution in [0.15, 0.2) is 53.0 Å². The standard InChI is InChI=1S/C15H12BrNO2/c16-11-7-5-10(6-8-11)9-17-14(18)12-3-1-2-4-13(12)15(17)19/h1-8,14,18H,9H2. The van der Waals surface area contributed by atoms with Crippen LogP contribution in [-0.4, -0.2) is 15.9 Å². The van der Waals surface area contributed by atoms with Crippen LogP contribution in [0, 0.1) is 0 Å². The molecule has 1 amide bonds. The summed E-state index contributed by atoms with van der Waals surface area (Å²) in [7, 11) is 0. The fourth-order valence-corrected chi connectivity index (χ4v) is 2.56. The molecule has 1 atom stereocenters. The number of rotatable bonds is 2. The number of fused-ring (bicyclic) bond motifs is 1. The van der Waals surface area contributed by atoms with E-state index in [0.717, 1.165) is 10.0 Å². The lowest BCUT2D eigenvalue weighted by molar-refractivity contribution is 0.0137. The Kier molecular flexibility index (Phi) is 3.12. The van der Waals surface area contributed by atoms with Gasteiger partial charge < -0.3 is 10.0 Å². The van der Waals surface area contributed by atoms with Crippen molar-refractivity contribution >= 4 is 21.8 Å². The number of amides is 1. The number of hydrogen-bond acceptors (Lipinski definition) is 2. The minimum Gasteiger partial charge on any atom is -0.369 e. The highest BCUT2D eigenvalue weighted by atomic mass is 79.9. The van der Waals surface area contributed by atoms with E-state index in [-0.39, 0.29) is 5.91 Å². The molecule has 1 N–H and O–H groups in total. The average Bonchev–Trinajstić information content (AvgIpc) is 2.67. The summed E-state index contributed by atoms with van der Waals surface area (Å²) in [5.41, 5.74) is 2.26. The van der Waals surface area contributed by atoms with Gasteiger partial charge in [0, 0.05) is 22.1 Å². The molecule has 0 spiro atoms. The Morgan fingerprint density at radius 2 is 1.79 bits per heavy atom. The van der Waals surface area contributed by atoms with Crippen LogP contribution in [0.25, 0.3) is 0 Å². The zero-order chi connectivity index (χ0) is 13.4. The Bertz CT molecular complexity index is 624. The van der Waals surface area contributed by atoms with Crippen molar-refractivity contribution in [3.05, 3.63) is 69.7 Å². The maximum atomic E-state index is 12.2. The molecule has 1 aliphatic rings. The van der Waals surface area contributed by atoms with E-state index in [1.807, 2.05) is 36.4 Å². The van der Waals surface area contributed by atoms with Gasteiger partial charge in [0.2, 0.25) is 0 Å². The zero-order valence-electron chi connectivity index (χ0n) is 10.1. The largest absolute Gasteiger partial charge is 0.369 e. The second kappa shape index (κ2) is 4.79. The quantitative estimate of drug-likeness (QED) is 0.924. The molecule has 0 saturated heterocycles. The lowest BCUT2D eigenvalue weighted by atomic mass is 10.1. The fraction of sp³-hybridized carbons (Fsp3) is 0.133. The highest BCUT2D eigenvalue weighted by molar-refractivity contribution is 9.10. The Morgan fingerprint density at radius 1 is 1.11 bits per heavy atom. The number of aliphatic hydroxyl groups is 1. The van der Waals surface area contributed by atoms with Crippen LogP contribution in [0.5, 0.6) is 0 Å². The monoisotopic (exact) mass is 317 g/mol. The molecule has 0 saturated carbocycles. The molecular weight excluding hydrogens is 306 g/mol. The molecule has 4 heteroatoms. The number of benzene rings is 2. The van der Waals surface area contributed by atoms with Crippen molar-refractivity contribution in [1.29, 1.82) is 0 Å². The molecule has 2 aromatic rings. The molecule has 1 aliphatic heterocycles. The second-order valence-corrected chi connectivity index (χ2v) is 5.44. The Labute approximate surface area is 119 Å². The molecule has 0 radical (unpaired) electrons. The van der Waals surface area contributed by atoms with E-state index < -0.39 is 6.23 Å². The third-order valence-electron chi connectivity index (χ3n) is 3.29. The third-order valence-corrected chi connectivity index (χ3v) is 3.82. The van der Waals surface area contributed by atoms with E-state index >= 15 is 0 Å². The van der Waals surface area contributed by atoms with Gasteiger partial charge in [0.15, 0.2) is 6.23 Å². The maximum Gasteiger partial charge on any atom is 0.256 e. The van der Waals surface area contributed by atoms with Gasteiger partial charge in [-0.3, -0.25) is 4.79 Å². The van der Waals surface area contributed by atoms with Crippen molar-refractivity contribution in [3.8, 4) is 0 Å². The lowest BCUT2D eigenvalue weighted by Crippen LogP contribution is -2.27. The van der Waals surface area contributed by atoms with Gasteiger partial charge in [0.05, 0.1) is 0 Å². The van der Waals surface area contributed by atoms with E-state index in [1.165, 1.54) is 4.90 Å². The topological polar surface area (TPSA) is 40.5 Å². The number of carbonyl (C=O) groups is 1. The first-order chi connectivity index (χ1) is 9.16. The Hall–Kier alpha value is -1.65. The van der Waals surface area contributed by atoms with Crippen LogP contribution < -0.4 is 0 Å². The van der Waals surface area contributed by atoms with Gasteiger partial charge >= 0.3 is 0 Å². The molecule has 3 nitrogen and oxygen atoms in total. The van der Waals surface area contributed by atoms with Crippen molar-refractivity contribution in [2.24, 2.45) is 0 Å². The zero-order valence-corrected chi connectivity index (χ0v) is 11.7. The van der Waals surface area contributed by atoms with Crippen LogP contribution in [0.1, 0.15) is 27.7 Å². The van der Waals surface area contributed by atoms with Crippen LogP contribution >= 0.6 is 15.9 Å². The molecule has 0 aliphatic carbocycles. The first-order valence-electron chi connectivity index (χ1n) is 5.99. The van der Waals surface area contributed by atoms with Crippen molar-refractivity contribution in [2.75, 3.05) is 0 Å². The maximum absolute atomic E-state index is 12.2. The van der Waals surface area contributed by atoms with E-state index in [4.69, 9.17) is 0 Å². The summed E-state index contributed by atoms with van der Waals surface area (Å²) in [6, 6.07) is 14.9. The minimum atomic E-state index is -0.854. The van der Waals surface area contributed by atoms with Crippen molar-refractivity contribution in [2.45, 2.75) is 12.8 Å². The van der Waals surface area contributed by atoms with Crippen molar-refractivity contribution in [3.63, 3.8) is 0 Å². The van der Waals surface area contributed by atoms with E-state index in [2.05, 4.69) is 15.9 Å². The predicted octanol–water partition coefficient (Wildman–Crippen LogP) is 3.10. The fourth-order valence-electron chi connectivity index (χ4n) is 2.30. The van der Waals surface area contributed by atoms with Crippen molar-refractivity contribution < 1.29 is 9.90 Å². The van der Waals surface area contributed by atoms with Crippen LogP contribution in [0.2, 0.25) is 0 Å². The van der Waals surface area contributed by atoms with Gasteiger partial charge in [-0.15, -0.1) is 0 Å². The van der Waals surface area contributed by atoms with Gasteiger partial charge in [-0.25, -0.2) is 0 Å². The van der Waals surface area contributed by atoms with E-state index in [0.29, 0.717) is 17.7 Å². The van der Waals surface area contributed by atoms with Gasteiger partial charge in [0.1, 0.15) is 0 Å². The SMILES string of the molecule is O=C1c2ccccc2C(O)N1Cc1ccc(Br)cc1. The summed E-state index contributed by atoms with van der Waals surface area (Å²) >= 11 is 3.38. The molecular formula is C15H12BrNO2. The molecule has 1 unspecified atom stereocenters. The van der Waals surface area contributed by atoms with Crippen LogP contribution in [0.4, 0.5) is 0 Å². The number of nitrogens with zero attached hydrogens (tertiary/aromatic N) is 1. The summed E-state index contributed by atoms with van der Waals surface area (Å²) in [5, 5.41) is 10.2. The summed E-state index contributed by atoms with van der Waals surface area (Å²) in [5.74, 6) is -0.119. The molecule has 19 heavy (non-hydrogen) atoms. The predicted molar refractivity (Wildman–Crippen MR) is 75.4 cm³/mol. The molecule has 0 aromatic heterocycles. The molecule has 0 fully saturated rings. The number of hydrogen-bond donors (Lipinski definition) is 1. The van der Waals surface area contributed by atoms with E-state index in [9.17, 15) is 9.90 Å².